The zero-order valence-electron chi connectivity index (χ0n) is 7.21. The quantitative estimate of drug-likeness (QED) is 0.393. The molecule has 0 bridgehead atoms. The second kappa shape index (κ2) is 2.94. The molecule has 0 amide bonds. The molecule has 5 nitrogen and oxygen atoms in total. The number of carbonyl (C=O) groups is 1. The largest absolute Gasteiger partial charge is 0.469 e. The summed E-state index contributed by atoms with van der Waals surface area (Å²) in [5.41, 5.74) is 0. The lowest BCUT2D eigenvalue weighted by Gasteiger charge is -2.24. The van der Waals surface area contributed by atoms with Crippen molar-refractivity contribution in [1.29, 1.82) is 0 Å². The molecule has 1 saturated carbocycles. The van der Waals surface area contributed by atoms with Crippen LogP contribution in [0, 0.1) is 5.92 Å². The summed E-state index contributed by atoms with van der Waals surface area (Å²) in [6.07, 6.45) is -2.16. The number of ether oxygens (including phenoxy) is 2. The molecule has 1 aliphatic heterocycles. The summed E-state index contributed by atoms with van der Waals surface area (Å²) in [7, 11) is 1.30. The maximum absolute atomic E-state index is 11.2. The Morgan fingerprint density at radius 1 is 1.46 bits per heavy atom. The van der Waals surface area contributed by atoms with Crippen molar-refractivity contribution >= 4 is 5.97 Å². The van der Waals surface area contributed by atoms with E-state index >= 15 is 0 Å². The zero-order chi connectivity index (χ0) is 9.59. The van der Waals surface area contributed by atoms with Crippen LogP contribution in [0.4, 0.5) is 0 Å². The summed E-state index contributed by atoms with van der Waals surface area (Å²) in [5, 5.41) is 18.7. The molecule has 1 saturated heterocycles. The van der Waals surface area contributed by atoms with Crippen LogP contribution in [0.15, 0.2) is 0 Å². The molecule has 0 aromatic heterocycles. The Kier molecular flexibility index (Phi) is 2.02. The topological polar surface area (TPSA) is 79.3 Å². The fraction of sp³-hybridized carbons (Fsp3) is 0.875. The lowest BCUT2D eigenvalue weighted by molar-refractivity contribution is -0.148. The van der Waals surface area contributed by atoms with E-state index in [9.17, 15) is 15.0 Å². The van der Waals surface area contributed by atoms with Crippen LogP contribution in [-0.2, 0) is 14.3 Å². The molecular weight excluding hydrogens is 176 g/mol. The van der Waals surface area contributed by atoms with Gasteiger partial charge in [0.15, 0.2) is 0 Å². The van der Waals surface area contributed by atoms with E-state index in [1.807, 2.05) is 0 Å². The summed E-state index contributed by atoms with van der Waals surface area (Å²) in [4.78, 5) is 11.2. The van der Waals surface area contributed by atoms with E-state index in [1.54, 1.807) is 0 Å². The Bertz CT molecular complexity index is 227. The van der Waals surface area contributed by atoms with E-state index < -0.39 is 18.1 Å². The van der Waals surface area contributed by atoms with Crippen LogP contribution in [0.2, 0.25) is 0 Å². The summed E-state index contributed by atoms with van der Waals surface area (Å²) >= 11 is 0. The summed E-state index contributed by atoms with van der Waals surface area (Å²) in [5.74, 6) is -0.799. The third-order valence-electron chi connectivity index (χ3n) is 2.69. The van der Waals surface area contributed by atoms with E-state index in [0.717, 1.165) is 0 Å². The lowest BCUT2D eigenvalue weighted by Crippen LogP contribution is -2.42. The Balaban J connectivity index is 2.05. The zero-order valence-corrected chi connectivity index (χ0v) is 7.21. The first kappa shape index (κ1) is 8.93. The summed E-state index contributed by atoms with van der Waals surface area (Å²) in [6.45, 7) is 0. The molecule has 0 aromatic rings. The first-order valence-electron chi connectivity index (χ1n) is 4.24. The molecule has 2 fully saturated rings. The van der Waals surface area contributed by atoms with E-state index in [4.69, 9.17) is 4.74 Å². The number of aliphatic hydroxyl groups is 2. The first-order chi connectivity index (χ1) is 6.15. The highest BCUT2D eigenvalue weighted by Gasteiger charge is 2.58. The van der Waals surface area contributed by atoms with Crippen molar-refractivity contribution < 1.29 is 24.5 Å². The van der Waals surface area contributed by atoms with Crippen molar-refractivity contribution in [3.63, 3.8) is 0 Å². The molecule has 74 valence electrons. The number of carbonyl (C=O) groups excluding carboxylic acids is 1. The number of hydrogen-bond acceptors (Lipinski definition) is 5. The predicted octanol–water partition coefficient (Wildman–Crippen LogP) is -1.33. The molecule has 0 aromatic carbocycles. The standard InChI is InChI=1S/C8H12O5/c1-12-8(11)3-2-4(9)5(10)7-6(3)13-7/h3-7,9-10H,2H2,1H3. The van der Waals surface area contributed by atoms with Crippen molar-refractivity contribution in [2.24, 2.45) is 5.92 Å². The normalized spacial score (nSPS) is 48.1. The van der Waals surface area contributed by atoms with Gasteiger partial charge in [-0.1, -0.05) is 0 Å². The van der Waals surface area contributed by atoms with Gasteiger partial charge >= 0.3 is 5.97 Å². The Labute approximate surface area is 75.3 Å². The minimum Gasteiger partial charge on any atom is -0.469 e. The minimum absolute atomic E-state index is 0.217. The van der Waals surface area contributed by atoms with Crippen LogP contribution in [0.25, 0.3) is 0 Å². The van der Waals surface area contributed by atoms with Gasteiger partial charge < -0.3 is 19.7 Å². The van der Waals surface area contributed by atoms with E-state index in [-0.39, 0.29) is 24.6 Å². The Morgan fingerprint density at radius 2 is 2.15 bits per heavy atom. The van der Waals surface area contributed by atoms with Gasteiger partial charge in [-0.25, -0.2) is 0 Å². The van der Waals surface area contributed by atoms with Gasteiger partial charge in [0, 0.05) is 0 Å². The minimum atomic E-state index is -0.882. The van der Waals surface area contributed by atoms with Gasteiger partial charge in [-0.3, -0.25) is 4.79 Å². The Hall–Kier alpha value is -0.650. The SMILES string of the molecule is COC(=O)C1CC(O)C(O)C2OC12. The molecule has 13 heavy (non-hydrogen) atoms. The maximum atomic E-state index is 11.2. The van der Waals surface area contributed by atoms with Crippen molar-refractivity contribution in [1.82, 2.24) is 0 Å². The van der Waals surface area contributed by atoms with Gasteiger partial charge in [0.1, 0.15) is 18.3 Å². The highest BCUT2D eigenvalue weighted by Crippen LogP contribution is 2.41. The van der Waals surface area contributed by atoms with Gasteiger partial charge in [0.25, 0.3) is 0 Å². The second-order valence-corrected chi connectivity index (χ2v) is 3.49. The number of aliphatic hydroxyl groups excluding tert-OH is 2. The van der Waals surface area contributed by atoms with Crippen LogP contribution in [0.3, 0.4) is 0 Å². The number of rotatable bonds is 1. The predicted molar refractivity (Wildman–Crippen MR) is 40.8 cm³/mol. The molecule has 2 rings (SSSR count). The third kappa shape index (κ3) is 1.33. The van der Waals surface area contributed by atoms with E-state index in [0.29, 0.717) is 0 Å². The average Bonchev–Trinajstić information content (AvgIpc) is 2.89. The number of esters is 1. The van der Waals surface area contributed by atoms with Crippen LogP contribution in [-0.4, -0.2) is 47.7 Å². The second-order valence-electron chi connectivity index (χ2n) is 3.49. The van der Waals surface area contributed by atoms with Crippen LogP contribution in [0.5, 0.6) is 0 Å². The summed E-state index contributed by atoms with van der Waals surface area (Å²) < 4.78 is 9.64. The van der Waals surface area contributed by atoms with E-state index in [1.165, 1.54) is 7.11 Å². The number of epoxide rings is 1. The molecule has 1 heterocycles. The smallest absolute Gasteiger partial charge is 0.311 e. The number of methoxy groups -OCH3 is 1. The molecular formula is C8H12O5. The lowest BCUT2D eigenvalue weighted by atomic mass is 9.85. The van der Waals surface area contributed by atoms with E-state index in [2.05, 4.69) is 4.74 Å². The first-order valence-corrected chi connectivity index (χ1v) is 4.24. The van der Waals surface area contributed by atoms with Crippen molar-refractivity contribution in [3.05, 3.63) is 0 Å². The van der Waals surface area contributed by atoms with Crippen molar-refractivity contribution in [2.45, 2.75) is 30.8 Å². The van der Waals surface area contributed by atoms with Gasteiger partial charge in [-0.2, -0.15) is 0 Å². The monoisotopic (exact) mass is 188 g/mol. The molecule has 0 spiro atoms. The molecule has 1 aliphatic carbocycles. The fourth-order valence-corrected chi connectivity index (χ4v) is 1.87. The fourth-order valence-electron chi connectivity index (χ4n) is 1.87. The number of fused-ring (bicyclic) bond motifs is 1. The van der Waals surface area contributed by atoms with Crippen LogP contribution < -0.4 is 0 Å². The molecule has 5 heteroatoms. The molecule has 2 N–H and O–H groups in total. The van der Waals surface area contributed by atoms with Crippen molar-refractivity contribution in [3.8, 4) is 0 Å². The number of hydrogen-bond donors (Lipinski definition) is 2. The molecule has 5 unspecified atom stereocenters. The molecule has 2 aliphatic rings. The molecule has 5 atom stereocenters. The average molecular weight is 188 g/mol. The van der Waals surface area contributed by atoms with Crippen molar-refractivity contribution in [2.75, 3.05) is 7.11 Å². The third-order valence-corrected chi connectivity index (χ3v) is 2.69. The maximum Gasteiger partial charge on any atom is 0.311 e. The van der Waals surface area contributed by atoms with Gasteiger partial charge in [0.05, 0.1) is 19.1 Å². The van der Waals surface area contributed by atoms with Crippen LogP contribution >= 0.6 is 0 Å². The van der Waals surface area contributed by atoms with Gasteiger partial charge in [0.2, 0.25) is 0 Å². The summed E-state index contributed by atoms with van der Waals surface area (Å²) in [6, 6.07) is 0. The molecule has 0 radical (unpaired) electrons. The highest BCUT2D eigenvalue weighted by atomic mass is 16.6. The van der Waals surface area contributed by atoms with Gasteiger partial charge in [-0.15, -0.1) is 0 Å². The van der Waals surface area contributed by atoms with Crippen LogP contribution in [0.1, 0.15) is 6.42 Å². The highest BCUT2D eigenvalue weighted by molar-refractivity contribution is 5.74. The Morgan fingerprint density at radius 3 is 2.77 bits per heavy atom. The van der Waals surface area contributed by atoms with Gasteiger partial charge in [-0.05, 0) is 6.42 Å².